The first-order valence-electron chi connectivity index (χ1n) is 7.67. The lowest BCUT2D eigenvalue weighted by atomic mass is 9.82. The zero-order valence-corrected chi connectivity index (χ0v) is 13.8. The van der Waals surface area contributed by atoms with Gasteiger partial charge in [0.1, 0.15) is 11.8 Å². The Morgan fingerprint density at radius 1 is 1.33 bits per heavy atom. The van der Waals surface area contributed by atoms with Gasteiger partial charge in [-0.05, 0) is 24.6 Å². The number of H-pyrrole nitrogens is 1. The third kappa shape index (κ3) is 2.78. The smallest absolute Gasteiger partial charge is 0.159 e. The van der Waals surface area contributed by atoms with Gasteiger partial charge >= 0.3 is 0 Å². The highest BCUT2D eigenvalue weighted by molar-refractivity contribution is 5.77. The third-order valence-corrected chi connectivity index (χ3v) is 4.28. The van der Waals surface area contributed by atoms with E-state index in [2.05, 4.69) is 30.1 Å². The molecule has 0 saturated carbocycles. The number of aromatic amines is 1. The molecule has 1 N–H and O–H groups in total. The fourth-order valence-corrected chi connectivity index (χ4v) is 3.38. The molecule has 0 atom stereocenters. The molecule has 24 heavy (non-hydrogen) atoms. The average Bonchev–Trinajstić information content (AvgIpc) is 2.85. The molecule has 6 heteroatoms. The first-order chi connectivity index (χ1) is 11.3. The summed E-state index contributed by atoms with van der Waals surface area (Å²) in [6.07, 6.45) is 1.75. The molecule has 2 heterocycles. The molecule has 3 rings (SSSR count). The van der Waals surface area contributed by atoms with Crippen LogP contribution in [0.1, 0.15) is 36.4 Å². The van der Waals surface area contributed by atoms with Crippen molar-refractivity contribution in [3.05, 3.63) is 58.5 Å². The molecule has 1 aliphatic rings. The fraction of sp³-hybridized carbons (Fsp3) is 0.333. The molecule has 0 aliphatic carbocycles. The molecule has 0 saturated heterocycles. The van der Waals surface area contributed by atoms with Gasteiger partial charge in [0.05, 0.1) is 5.57 Å². The number of rotatable bonds is 2. The van der Waals surface area contributed by atoms with E-state index in [1.54, 1.807) is 12.3 Å². The average molecular weight is 328 g/mol. The lowest BCUT2D eigenvalue weighted by Gasteiger charge is -2.30. The summed E-state index contributed by atoms with van der Waals surface area (Å²) in [4.78, 5) is 1.95. The van der Waals surface area contributed by atoms with Crippen molar-refractivity contribution in [2.24, 2.45) is 0 Å². The van der Waals surface area contributed by atoms with Crippen molar-refractivity contribution in [1.29, 1.82) is 5.26 Å². The minimum Gasteiger partial charge on any atom is -0.371 e. The maximum Gasteiger partial charge on any atom is 0.159 e. The summed E-state index contributed by atoms with van der Waals surface area (Å²) >= 11 is 0. The summed E-state index contributed by atoms with van der Waals surface area (Å²) in [5.41, 5.74) is 3.47. The van der Waals surface area contributed by atoms with E-state index in [1.807, 2.05) is 11.8 Å². The molecular formula is C18H18F2N4. The normalized spacial score (nSPS) is 16.2. The Bertz CT molecular complexity index is 858. The highest BCUT2D eigenvalue weighted by Crippen LogP contribution is 2.36. The zero-order valence-electron chi connectivity index (χ0n) is 13.8. The van der Waals surface area contributed by atoms with Crippen LogP contribution in [0.4, 0.5) is 8.78 Å². The summed E-state index contributed by atoms with van der Waals surface area (Å²) in [6, 6.07) is 6.06. The van der Waals surface area contributed by atoms with Gasteiger partial charge in [0.2, 0.25) is 0 Å². The molecule has 0 bridgehead atoms. The number of fused-ring (bicyclic) bond motifs is 1. The highest BCUT2D eigenvalue weighted by atomic mass is 19.2. The van der Waals surface area contributed by atoms with Crippen LogP contribution >= 0.6 is 0 Å². The SMILES string of the molecule is Cc1[nH]nc2c1C(C)(C)CN(Cc1ccc(F)c(F)c1)C=C2C#N. The van der Waals surface area contributed by atoms with E-state index in [0.29, 0.717) is 29.9 Å². The summed E-state index contributed by atoms with van der Waals surface area (Å²) in [5, 5.41) is 16.7. The predicted molar refractivity (Wildman–Crippen MR) is 86.7 cm³/mol. The molecule has 2 aromatic rings. The van der Waals surface area contributed by atoms with Gasteiger partial charge in [0, 0.05) is 36.0 Å². The van der Waals surface area contributed by atoms with Crippen LogP contribution in [0.5, 0.6) is 0 Å². The van der Waals surface area contributed by atoms with Crippen LogP contribution in [-0.2, 0) is 12.0 Å². The van der Waals surface area contributed by atoms with Gasteiger partial charge in [-0.15, -0.1) is 0 Å². The van der Waals surface area contributed by atoms with Crippen LogP contribution in [0.3, 0.4) is 0 Å². The maximum absolute atomic E-state index is 13.5. The molecule has 0 unspecified atom stereocenters. The largest absolute Gasteiger partial charge is 0.371 e. The Labute approximate surface area is 139 Å². The number of nitrogens with one attached hydrogen (secondary N) is 1. The van der Waals surface area contributed by atoms with Gasteiger partial charge in [0.25, 0.3) is 0 Å². The zero-order chi connectivity index (χ0) is 17.5. The fourth-order valence-electron chi connectivity index (χ4n) is 3.38. The van der Waals surface area contributed by atoms with Gasteiger partial charge in [-0.1, -0.05) is 19.9 Å². The lowest BCUT2D eigenvalue weighted by molar-refractivity contribution is 0.294. The number of hydrogen-bond acceptors (Lipinski definition) is 3. The Balaban J connectivity index is 1.99. The van der Waals surface area contributed by atoms with Crippen molar-refractivity contribution in [2.45, 2.75) is 32.7 Å². The van der Waals surface area contributed by atoms with Crippen molar-refractivity contribution in [3.63, 3.8) is 0 Å². The Morgan fingerprint density at radius 3 is 2.75 bits per heavy atom. The Kier molecular flexibility index (Phi) is 3.88. The van der Waals surface area contributed by atoms with Crippen molar-refractivity contribution in [1.82, 2.24) is 15.1 Å². The number of benzene rings is 1. The molecule has 0 amide bonds. The molecule has 0 radical (unpaired) electrons. The Morgan fingerprint density at radius 2 is 2.08 bits per heavy atom. The number of halogens is 2. The molecule has 4 nitrogen and oxygen atoms in total. The molecular weight excluding hydrogens is 310 g/mol. The van der Waals surface area contributed by atoms with Crippen molar-refractivity contribution >= 4 is 5.57 Å². The third-order valence-electron chi connectivity index (χ3n) is 4.28. The second-order valence-electron chi connectivity index (χ2n) is 6.76. The summed E-state index contributed by atoms with van der Waals surface area (Å²) in [6.45, 7) is 7.12. The molecule has 0 spiro atoms. The van der Waals surface area contributed by atoms with Gasteiger partial charge in [-0.25, -0.2) is 8.78 Å². The number of aromatic nitrogens is 2. The Hall–Kier alpha value is -2.68. The van der Waals surface area contributed by atoms with E-state index < -0.39 is 11.6 Å². The minimum atomic E-state index is -0.866. The van der Waals surface area contributed by atoms with Gasteiger partial charge in [-0.3, -0.25) is 5.10 Å². The van der Waals surface area contributed by atoms with Crippen molar-refractivity contribution in [3.8, 4) is 6.07 Å². The summed E-state index contributed by atoms with van der Waals surface area (Å²) in [7, 11) is 0. The van der Waals surface area contributed by atoms with E-state index in [-0.39, 0.29) is 5.41 Å². The molecule has 1 aliphatic heterocycles. The maximum atomic E-state index is 13.5. The first-order valence-corrected chi connectivity index (χ1v) is 7.67. The standard InChI is InChI=1S/C18H18F2N4/c1-11-16-17(23-22-11)13(7-21)9-24(10-18(16,2)3)8-12-4-5-14(19)15(20)6-12/h4-6,9H,8,10H2,1-3H3,(H,22,23). The van der Waals surface area contributed by atoms with Gasteiger partial charge in [0.15, 0.2) is 11.6 Å². The number of aryl methyl sites for hydroxylation is 1. The second kappa shape index (κ2) is 5.75. The molecule has 1 aromatic heterocycles. The van der Waals surface area contributed by atoms with Crippen LogP contribution in [-0.4, -0.2) is 21.6 Å². The topological polar surface area (TPSA) is 55.7 Å². The number of nitrogens with zero attached hydrogens (tertiary/aromatic N) is 3. The number of nitriles is 1. The second-order valence-corrected chi connectivity index (χ2v) is 6.76. The molecule has 1 aromatic carbocycles. The molecule has 0 fully saturated rings. The minimum absolute atomic E-state index is 0.250. The van der Waals surface area contributed by atoms with Crippen molar-refractivity contribution in [2.75, 3.05) is 6.54 Å². The highest BCUT2D eigenvalue weighted by Gasteiger charge is 2.33. The first kappa shape index (κ1) is 16.2. The van der Waals surface area contributed by atoms with Gasteiger partial charge in [-0.2, -0.15) is 10.4 Å². The van der Waals surface area contributed by atoms with Crippen molar-refractivity contribution < 1.29 is 8.78 Å². The quantitative estimate of drug-likeness (QED) is 0.915. The number of allylic oxidation sites excluding steroid dienone is 1. The van der Waals surface area contributed by atoms with E-state index in [1.165, 1.54) is 6.07 Å². The van der Waals surface area contributed by atoms with Gasteiger partial charge < -0.3 is 4.90 Å². The van der Waals surface area contributed by atoms with Crippen LogP contribution in [0, 0.1) is 29.9 Å². The summed E-state index contributed by atoms with van der Waals surface area (Å²) in [5.74, 6) is -1.73. The lowest BCUT2D eigenvalue weighted by Crippen LogP contribution is -2.33. The van der Waals surface area contributed by atoms with E-state index in [4.69, 9.17) is 0 Å². The monoisotopic (exact) mass is 328 g/mol. The van der Waals surface area contributed by atoms with Crippen LogP contribution in [0.2, 0.25) is 0 Å². The van der Waals surface area contributed by atoms with Crippen LogP contribution < -0.4 is 0 Å². The van der Waals surface area contributed by atoms with Crippen LogP contribution in [0.25, 0.3) is 5.57 Å². The molecule has 124 valence electrons. The van der Waals surface area contributed by atoms with E-state index in [0.717, 1.165) is 17.3 Å². The predicted octanol–water partition coefficient (Wildman–Crippen LogP) is 3.65. The summed E-state index contributed by atoms with van der Waals surface area (Å²) < 4.78 is 26.6. The van der Waals surface area contributed by atoms with E-state index >= 15 is 0 Å². The van der Waals surface area contributed by atoms with Crippen LogP contribution in [0.15, 0.2) is 24.4 Å². The van der Waals surface area contributed by atoms with E-state index in [9.17, 15) is 14.0 Å². The number of hydrogen-bond donors (Lipinski definition) is 1.